The van der Waals surface area contributed by atoms with E-state index in [-0.39, 0.29) is 17.8 Å². The molecule has 1 radical (unpaired) electrons. The molecule has 3 atom stereocenters. The molecule has 0 spiro atoms. The van der Waals surface area contributed by atoms with Gasteiger partial charge in [-0.1, -0.05) is 12.2 Å². The summed E-state index contributed by atoms with van der Waals surface area (Å²) in [5.41, 5.74) is -0.679. The zero-order valence-corrected chi connectivity index (χ0v) is 7.40. The first-order valence-corrected chi connectivity index (χ1v) is 4.31. The monoisotopic (exact) mass is 179 g/mol. The van der Waals surface area contributed by atoms with Crippen molar-refractivity contribution in [1.82, 2.24) is 0 Å². The molecule has 2 aliphatic rings. The Labute approximate surface area is 76.8 Å². The third-order valence-electron chi connectivity index (χ3n) is 2.98. The molecule has 3 nitrogen and oxygen atoms in total. The van der Waals surface area contributed by atoms with Crippen LogP contribution in [0.1, 0.15) is 6.42 Å². The van der Waals surface area contributed by atoms with Crippen LogP contribution in [0.3, 0.4) is 0 Å². The Hall–Kier alpha value is -1.12. The van der Waals surface area contributed by atoms with Gasteiger partial charge >= 0.3 is 5.97 Å². The van der Waals surface area contributed by atoms with Gasteiger partial charge in [0, 0.05) is 5.92 Å². The fourth-order valence-electron chi connectivity index (χ4n) is 2.28. The molecule has 69 valence electrons. The van der Waals surface area contributed by atoms with Gasteiger partial charge in [-0.2, -0.15) is 0 Å². The van der Waals surface area contributed by atoms with Gasteiger partial charge in [0.25, 0.3) is 0 Å². The minimum Gasteiger partial charge on any atom is -0.468 e. The summed E-state index contributed by atoms with van der Waals surface area (Å²) in [5, 5.41) is 0. The molecule has 0 aromatic rings. The molecular formula is C10H11O3. The Morgan fingerprint density at radius 3 is 3.00 bits per heavy atom. The molecular weight excluding hydrogens is 168 g/mol. The number of aldehydes is 1. The number of esters is 1. The largest absolute Gasteiger partial charge is 0.468 e. The van der Waals surface area contributed by atoms with Crippen molar-refractivity contribution in [2.24, 2.45) is 17.3 Å². The number of ether oxygens (including phenoxy) is 1. The van der Waals surface area contributed by atoms with Crippen LogP contribution in [-0.4, -0.2) is 19.4 Å². The maximum absolute atomic E-state index is 11.5. The van der Waals surface area contributed by atoms with E-state index in [9.17, 15) is 9.59 Å². The lowest BCUT2D eigenvalue weighted by Gasteiger charge is -2.24. The van der Waals surface area contributed by atoms with Crippen molar-refractivity contribution in [1.29, 1.82) is 0 Å². The number of carbonyl (C=O) groups excluding carboxylic acids is 2. The smallest absolute Gasteiger partial charge is 0.316 e. The molecule has 1 saturated carbocycles. The van der Waals surface area contributed by atoms with E-state index in [1.54, 1.807) is 0 Å². The molecule has 2 rings (SSSR count). The number of rotatable bonds is 2. The lowest BCUT2D eigenvalue weighted by Crippen LogP contribution is -2.34. The van der Waals surface area contributed by atoms with Crippen LogP contribution in [-0.2, 0) is 14.3 Å². The standard InChI is InChI=1S/C10H11O3/c1-13-9(12)10-3-2-7(5-10)4-8(10)6-11/h2-4,6-8H,5H2,1H3. The van der Waals surface area contributed by atoms with Gasteiger partial charge in [-0.25, -0.2) is 0 Å². The summed E-state index contributed by atoms with van der Waals surface area (Å²) in [6.07, 6.45) is 7.24. The molecule has 0 aromatic carbocycles. The van der Waals surface area contributed by atoms with Crippen LogP contribution in [0.5, 0.6) is 0 Å². The highest BCUT2D eigenvalue weighted by atomic mass is 16.5. The maximum atomic E-state index is 11.5. The number of hydrogen-bond donors (Lipinski definition) is 0. The van der Waals surface area contributed by atoms with Crippen LogP contribution in [0.2, 0.25) is 0 Å². The minimum atomic E-state index is -0.679. The number of carbonyl (C=O) groups is 2. The zero-order valence-electron chi connectivity index (χ0n) is 7.40. The molecule has 0 amide bonds. The molecule has 0 saturated heterocycles. The topological polar surface area (TPSA) is 43.4 Å². The molecule has 13 heavy (non-hydrogen) atoms. The number of methoxy groups -OCH3 is 1. The Morgan fingerprint density at radius 2 is 2.46 bits per heavy atom. The second-order valence-electron chi connectivity index (χ2n) is 3.61. The van der Waals surface area contributed by atoms with Crippen LogP contribution < -0.4 is 0 Å². The third kappa shape index (κ3) is 0.961. The third-order valence-corrected chi connectivity index (χ3v) is 2.98. The molecule has 0 heterocycles. The van der Waals surface area contributed by atoms with Crippen LogP contribution in [0.4, 0.5) is 0 Å². The molecule has 0 N–H and O–H groups in total. The van der Waals surface area contributed by atoms with Crippen LogP contribution in [0.25, 0.3) is 0 Å². The van der Waals surface area contributed by atoms with Gasteiger partial charge in [0.05, 0.1) is 12.5 Å². The van der Waals surface area contributed by atoms with Crippen molar-refractivity contribution in [3.63, 3.8) is 0 Å². The van der Waals surface area contributed by atoms with Gasteiger partial charge in [-0.3, -0.25) is 4.79 Å². The van der Waals surface area contributed by atoms with Gasteiger partial charge in [0.15, 0.2) is 0 Å². The predicted octanol–water partition coefficient (Wildman–Crippen LogP) is 0.755. The summed E-state index contributed by atoms with van der Waals surface area (Å²) in [6, 6.07) is 0. The van der Waals surface area contributed by atoms with Gasteiger partial charge < -0.3 is 9.53 Å². The van der Waals surface area contributed by atoms with E-state index in [2.05, 4.69) is 0 Å². The van der Waals surface area contributed by atoms with Crippen molar-refractivity contribution < 1.29 is 14.3 Å². The fourth-order valence-corrected chi connectivity index (χ4v) is 2.28. The average molecular weight is 179 g/mol. The molecule has 0 aliphatic heterocycles. The summed E-state index contributed by atoms with van der Waals surface area (Å²) in [4.78, 5) is 22.3. The van der Waals surface area contributed by atoms with Crippen molar-refractivity contribution >= 4 is 12.3 Å². The van der Waals surface area contributed by atoms with E-state index in [4.69, 9.17) is 4.74 Å². The summed E-state index contributed by atoms with van der Waals surface area (Å²) in [5.74, 6) is -0.318. The van der Waals surface area contributed by atoms with E-state index in [0.29, 0.717) is 6.42 Å². The Kier molecular flexibility index (Phi) is 1.75. The molecule has 2 bridgehead atoms. The summed E-state index contributed by atoms with van der Waals surface area (Å²) < 4.78 is 4.72. The lowest BCUT2D eigenvalue weighted by molar-refractivity contribution is -0.152. The van der Waals surface area contributed by atoms with Crippen LogP contribution in [0, 0.1) is 23.7 Å². The van der Waals surface area contributed by atoms with E-state index in [1.807, 2.05) is 18.6 Å². The molecule has 3 heteroatoms. The lowest BCUT2D eigenvalue weighted by atomic mass is 9.79. The summed E-state index contributed by atoms with van der Waals surface area (Å²) in [7, 11) is 1.36. The molecule has 2 aliphatic carbocycles. The van der Waals surface area contributed by atoms with E-state index < -0.39 is 5.41 Å². The second kappa shape index (κ2) is 2.69. The Bertz CT molecular complexity index is 282. The first kappa shape index (κ1) is 8.48. The molecule has 0 aromatic heterocycles. The summed E-state index contributed by atoms with van der Waals surface area (Å²) in [6.45, 7) is 0. The highest BCUT2D eigenvalue weighted by molar-refractivity contribution is 5.86. The van der Waals surface area contributed by atoms with E-state index in [1.165, 1.54) is 7.11 Å². The first-order valence-electron chi connectivity index (χ1n) is 4.31. The van der Waals surface area contributed by atoms with Gasteiger partial charge in [-0.15, -0.1) is 0 Å². The van der Waals surface area contributed by atoms with Gasteiger partial charge in [0.1, 0.15) is 6.29 Å². The van der Waals surface area contributed by atoms with E-state index in [0.717, 1.165) is 6.29 Å². The number of hydrogen-bond acceptors (Lipinski definition) is 3. The number of fused-ring (bicyclic) bond motifs is 2. The normalized spacial score (nSPS) is 40.7. The predicted molar refractivity (Wildman–Crippen MR) is 45.6 cm³/mol. The highest BCUT2D eigenvalue weighted by Gasteiger charge is 2.54. The highest BCUT2D eigenvalue weighted by Crippen LogP contribution is 2.52. The van der Waals surface area contributed by atoms with Crippen molar-refractivity contribution in [2.75, 3.05) is 7.11 Å². The van der Waals surface area contributed by atoms with Crippen molar-refractivity contribution in [3.05, 3.63) is 18.6 Å². The Morgan fingerprint density at radius 1 is 1.69 bits per heavy atom. The average Bonchev–Trinajstić information content (AvgIpc) is 2.73. The number of allylic oxidation sites excluding steroid dienone is 1. The SMILES string of the molecule is COC(=O)C12C=CC([CH]C1C=O)C2. The van der Waals surface area contributed by atoms with Gasteiger partial charge in [-0.05, 0) is 18.8 Å². The quantitative estimate of drug-likeness (QED) is 0.357. The zero-order chi connectivity index (χ0) is 9.47. The Balaban J connectivity index is 2.33. The fraction of sp³-hybridized carbons (Fsp3) is 0.500. The minimum absolute atomic E-state index is 0.272. The summed E-state index contributed by atoms with van der Waals surface area (Å²) >= 11 is 0. The maximum Gasteiger partial charge on any atom is 0.316 e. The van der Waals surface area contributed by atoms with Crippen LogP contribution >= 0.6 is 0 Å². The molecule has 1 fully saturated rings. The second-order valence-corrected chi connectivity index (χ2v) is 3.61. The van der Waals surface area contributed by atoms with Gasteiger partial charge in [0.2, 0.25) is 0 Å². The first-order chi connectivity index (χ1) is 6.23. The van der Waals surface area contributed by atoms with Crippen molar-refractivity contribution in [2.45, 2.75) is 6.42 Å². The van der Waals surface area contributed by atoms with Crippen LogP contribution in [0.15, 0.2) is 12.2 Å². The van der Waals surface area contributed by atoms with E-state index >= 15 is 0 Å². The molecule has 3 unspecified atom stereocenters. The van der Waals surface area contributed by atoms with Crippen molar-refractivity contribution in [3.8, 4) is 0 Å².